The van der Waals surface area contributed by atoms with Gasteiger partial charge in [0.25, 0.3) is 0 Å². The molecule has 3 aliphatic heterocycles. The summed E-state index contributed by atoms with van der Waals surface area (Å²) in [5.41, 5.74) is 3.73. The van der Waals surface area contributed by atoms with Crippen LogP contribution in [0.2, 0.25) is 0 Å². The van der Waals surface area contributed by atoms with Gasteiger partial charge in [0.1, 0.15) is 11.5 Å². The van der Waals surface area contributed by atoms with Gasteiger partial charge in [-0.15, -0.1) is 0 Å². The van der Waals surface area contributed by atoms with Gasteiger partial charge in [-0.3, -0.25) is 4.90 Å². The van der Waals surface area contributed by atoms with Crippen molar-refractivity contribution in [3.05, 3.63) is 95.6 Å². The number of methoxy groups -OCH3 is 2. The lowest BCUT2D eigenvalue weighted by Crippen LogP contribution is -2.68. The molecule has 3 heterocycles. The van der Waals surface area contributed by atoms with Crippen LogP contribution in [0.3, 0.4) is 0 Å². The van der Waals surface area contributed by atoms with Gasteiger partial charge in [-0.2, -0.15) is 0 Å². The van der Waals surface area contributed by atoms with Crippen molar-refractivity contribution in [2.24, 2.45) is 5.92 Å². The Morgan fingerprint density at radius 2 is 1.63 bits per heavy atom. The molecule has 3 aromatic carbocycles. The molecule has 6 rings (SSSR count). The standard InChI is InChI=1S/C30H36N2O3/c1-34-26-13-14-27(35-2)24(18-26)19-31-29-23-15-16-32(25(17-23)20-33)30(29)28(21-9-5-3-6-10-21)22-11-7-4-8-12-22/h3-14,18,23,25,28-31,33H,15-17,19-20H2,1-2H3. The van der Waals surface area contributed by atoms with Crippen LogP contribution in [0, 0.1) is 5.92 Å². The Hall–Kier alpha value is -2.86. The first-order valence-corrected chi connectivity index (χ1v) is 12.6. The molecule has 3 saturated heterocycles. The molecule has 0 radical (unpaired) electrons. The highest BCUT2D eigenvalue weighted by Gasteiger charge is 2.49. The molecule has 0 aromatic heterocycles. The van der Waals surface area contributed by atoms with Gasteiger partial charge in [-0.25, -0.2) is 0 Å². The molecule has 2 N–H and O–H groups in total. The highest BCUT2D eigenvalue weighted by molar-refractivity contribution is 5.41. The molecule has 0 saturated carbocycles. The minimum absolute atomic E-state index is 0.207. The topological polar surface area (TPSA) is 54.0 Å². The number of benzene rings is 3. The van der Waals surface area contributed by atoms with E-state index in [-0.39, 0.29) is 30.7 Å². The predicted octanol–water partition coefficient (Wildman–Crippen LogP) is 4.45. The number of aliphatic hydroxyl groups excluding tert-OH is 1. The molecule has 184 valence electrons. The van der Waals surface area contributed by atoms with Crippen molar-refractivity contribution in [1.82, 2.24) is 10.2 Å². The molecule has 35 heavy (non-hydrogen) atoms. The molecular weight excluding hydrogens is 436 g/mol. The SMILES string of the molecule is COc1ccc(OC)c(CNC2C3CCN(C(CO)C3)C2C(c2ccccc2)c2ccccc2)c1. The molecule has 5 unspecified atom stereocenters. The van der Waals surface area contributed by atoms with E-state index >= 15 is 0 Å². The fourth-order valence-electron chi connectivity index (χ4n) is 6.33. The smallest absolute Gasteiger partial charge is 0.123 e. The van der Waals surface area contributed by atoms with Crippen molar-refractivity contribution in [3.8, 4) is 11.5 Å². The molecule has 0 spiro atoms. The number of ether oxygens (including phenoxy) is 2. The minimum Gasteiger partial charge on any atom is -0.497 e. The summed E-state index contributed by atoms with van der Waals surface area (Å²) in [5.74, 6) is 2.42. The maximum atomic E-state index is 10.3. The van der Waals surface area contributed by atoms with Crippen molar-refractivity contribution >= 4 is 0 Å². The average Bonchev–Trinajstić information content (AvgIpc) is 2.93. The third-order valence-corrected chi connectivity index (χ3v) is 7.95. The van der Waals surface area contributed by atoms with Gasteiger partial charge in [-0.1, -0.05) is 60.7 Å². The third kappa shape index (κ3) is 4.81. The van der Waals surface area contributed by atoms with Crippen molar-refractivity contribution in [3.63, 3.8) is 0 Å². The Balaban J connectivity index is 1.52. The lowest BCUT2D eigenvalue weighted by molar-refractivity contribution is -0.0564. The zero-order chi connectivity index (χ0) is 24.2. The summed E-state index contributed by atoms with van der Waals surface area (Å²) in [6.07, 6.45) is 2.17. The second-order valence-electron chi connectivity index (χ2n) is 9.73. The van der Waals surface area contributed by atoms with E-state index in [4.69, 9.17) is 9.47 Å². The maximum absolute atomic E-state index is 10.3. The van der Waals surface area contributed by atoms with Crippen LogP contribution in [0.5, 0.6) is 11.5 Å². The van der Waals surface area contributed by atoms with Crippen molar-refractivity contribution in [2.45, 2.75) is 43.4 Å². The lowest BCUT2D eigenvalue weighted by atomic mass is 9.68. The number of rotatable bonds is 9. The number of piperidine rings is 3. The number of nitrogens with one attached hydrogen (secondary N) is 1. The van der Waals surface area contributed by atoms with Crippen LogP contribution in [-0.4, -0.2) is 55.5 Å². The lowest BCUT2D eigenvalue weighted by Gasteiger charge is -2.57. The fraction of sp³-hybridized carbons (Fsp3) is 0.400. The zero-order valence-corrected chi connectivity index (χ0v) is 20.6. The van der Waals surface area contributed by atoms with E-state index in [1.54, 1.807) is 14.2 Å². The molecule has 0 amide bonds. The van der Waals surface area contributed by atoms with Crippen LogP contribution >= 0.6 is 0 Å². The molecule has 5 nitrogen and oxygen atoms in total. The number of fused-ring (bicyclic) bond motifs is 3. The molecule has 3 aromatic rings. The average molecular weight is 473 g/mol. The predicted molar refractivity (Wildman–Crippen MR) is 139 cm³/mol. The van der Waals surface area contributed by atoms with Crippen LogP contribution in [0.25, 0.3) is 0 Å². The summed E-state index contributed by atoms with van der Waals surface area (Å²) in [6, 6.07) is 28.4. The van der Waals surface area contributed by atoms with Crippen LogP contribution < -0.4 is 14.8 Å². The minimum atomic E-state index is 0.207. The second kappa shape index (κ2) is 10.8. The molecule has 2 bridgehead atoms. The first-order chi connectivity index (χ1) is 17.2. The van der Waals surface area contributed by atoms with Crippen LogP contribution in [0.1, 0.15) is 35.4 Å². The van der Waals surface area contributed by atoms with E-state index in [1.165, 1.54) is 11.1 Å². The van der Waals surface area contributed by atoms with Crippen molar-refractivity contribution in [1.29, 1.82) is 0 Å². The van der Waals surface area contributed by atoms with E-state index < -0.39 is 0 Å². The monoisotopic (exact) mass is 472 g/mol. The van der Waals surface area contributed by atoms with Gasteiger partial charge >= 0.3 is 0 Å². The molecule has 5 heteroatoms. The Labute approximate surface area is 208 Å². The third-order valence-electron chi connectivity index (χ3n) is 7.95. The second-order valence-corrected chi connectivity index (χ2v) is 9.73. The van der Waals surface area contributed by atoms with Gasteiger partial charge in [0.2, 0.25) is 0 Å². The highest BCUT2D eigenvalue weighted by atomic mass is 16.5. The van der Waals surface area contributed by atoms with Gasteiger partial charge in [0, 0.05) is 36.2 Å². The summed E-state index contributed by atoms with van der Waals surface area (Å²) in [5, 5.41) is 14.2. The van der Waals surface area contributed by atoms with Crippen LogP contribution in [0.4, 0.5) is 0 Å². The number of hydrogen-bond acceptors (Lipinski definition) is 5. The van der Waals surface area contributed by atoms with Crippen molar-refractivity contribution < 1.29 is 14.6 Å². The molecular formula is C30H36N2O3. The largest absolute Gasteiger partial charge is 0.497 e. The summed E-state index contributed by atoms with van der Waals surface area (Å²) in [6.45, 7) is 1.93. The Morgan fingerprint density at radius 3 is 2.23 bits per heavy atom. The first kappa shape index (κ1) is 23.9. The van der Waals surface area contributed by atoms with Gasteiger partial charge in [0.15, 0.2) is 0 Å². The maximum Gasteiger partial charge on any atom is 0.123 e. The Bertz CT molecular complexity index is 1050. The van der Waals surface area contributed by atoms with E-state index in [9.17, 15) is 5.11 Å². The quantitative estimate of drug-likeness (QED) is 0.482. The summed E-state index contributed by atoms with van der Waals surface area (Å²) < 4.78 is 11.1. The fourth-order valence-corrected chi connectivity index (χ4v) is 6.33. The molecule has 5 atom stereocenters. The summed E-state index contributed by atoms with van der Waals surface area (Å²) >= 11 is 0. The summed E-state index contributed by atoms with van der Waals surface area (Å²) in [7, 11) is 3.41. The molecule has 0 aliphatic carbocycles. The number of nitrogens with zero attached hydrogens (tertiary/aromatic N) is 1. The van der Waals surface area contributed by atoms with E-state index in [0.717, 1.165) is 36.4 Å². The molecule has 3 aliphatic rings. The van der Waals surface area contributed by atoms with E-state index in [2.05, 4.69) is 76.9 Å². The summed E-state index contributed by atoms with van der Waals surface area (Å²) in [4.78, 5) is 2.57. The first-order valence-electron chi connectivity index (χ1n) is 12.6. The molecule has 3 fully saturated rings. The van der Waals surface area contributed by atoms with Crippen LogP contribution in [0.15, 0.2) is 78.9 Å². The van der Waals surface area contributed by atoms with E-state index in [0.29, 0.717) is 12.5 Å². The Kier molecular flexibility index (Phi) is 7.37. The van der Waals surface area contributed by atoms with Gasteiger partial charge in [0.05, 0.1) is 20.8 Å². The number of hydrogen-bond donors (Lipinski definition) is 2. The number of aliphatic hydroxyl groups is 1. The van der Waals surface area contributed by atoms with Gasteiger partial charge < -0.3 is 19.9 Å². The van der Waals surface area contributed by atoms with E-state index in [1.807, 2.05) is 12.1 Å². The Morgan fingerprint density at radius 1 is 0.943 bits per heavy atom. The zero-order valence-electron chi connectivity index (χ0n) is 20.6. The van der Waals surface area contributed by atoms with Gasteiger partial charge in [-0.05, 0) is 54.6 Å². The normalized spacial score (nSPS) is 25.5. The van der Waals surface area contributed by atoms with Crippen molar-refractivity contribution in [2.75, 3.05) is 27.4 Å². The highest BCUT2D eigenvalue weighted by Crippen LogP contribution is 2.44. The van der Waals surface area contributed by atoms with Crippen LogP contribution in [-0.2, 0) is 6.54 Å².